The van der Waals surface area contributed by atoms with Crippen LogP contribution in [0.25, 0.3) is 0 Å². The van der Waals surface area contributed by atoms with Crippen molar-refractivity contribution in [3.63, 3.8) is 0 Å². The predicted octanol–water partition coefficient (Wildman–Crippen LogP) is 11.6. The minimum absolute atomic E-state index is 0.0565. The van der Waals surface area contributed by atoms with Gasteiger partial charge in [-0.25, -0.2) is 9.59 Å². The van der Waals surface area contributed by atoms with Crippen molar-refractivity contribution in [2.24, 2.45) is 0 Å². The van der Waals surface area contributed by atoms with Gasteiger partial charge in [-0.05, 0) is 60.7 Å². The molecule has 64 heavy (non-hydrogen) atoms. The van der Waals surface area contributed by atoms with Gasteiger partial charge in [-0.3, -0.25) is 0 Å². The highest BCUT2D eigenvalue weighted by molar-refractivity contribution is 5.95. The van der Waals surface area contributed by atoms with E-state index in [1.165, 1.54) is 24.3 Å². The first-order valence-electron chi connectivity index (χ1n) is 16.5. The molecule has 0 atom stereocenters. The van der Waals surface area contributed by atoms with Crippen LogP contribution in [-0.4, -0.2) is 84.6 Å². The van der Waals surface area contributed by atoms with Gasteiger partial charge in [-0.2, -0.15) is 97.5 Å². The van der Waals surface area contributed by atoms with Gasteiger partial charge in [0.25, 0.3) is 0 Å². The van der Waals surface area contributed by atoms with Gasteiger partial charge in [-0.15, -0.1) is 0 Å². The number of benzene rings is 3. The molecule has 0 radical (unpaired) electrons. The van der Waals surface area contributed by atoms with Gasteiger partial charge in [0.15, 0.2) is 0 Å². The lowest BCUT2D eigenvalue weighted by molar-refractivity contribution is -0.474. The Labute approximate surface area is 342 Å². The lowest BCUT2D eigenvalue weighted by Crippen LogP contribution is -2.76. The van der Waals surface area contributed by atoms with Gasteiger partial charge in [0.05, 0.1) is 30.2 Å². The second-order valence-corrected chi connectivity index (χ2v) is 12.6. The Balaban J connectivity index is 1.80. The van der Waals surface area contributed by atoms with E-state index in [1.54, 1.807) is 0 Å². The first kappa shape index (κ1) is 52.3. The molecule has 0 saturated carbocycles. The normalized spacial score (nSPS) is 13.8. The van der Waals surface area contributed by atoms with Gasteiger partial charge in [0, 0.05) is 6.07 Å². The maximum absolute atomic E-state index is 14.4. The molecular formula is C36H20F21NO6. The molecule has 3 aromatic carbocycles. The largest absolute Gasteiger partial charge is 0.493 e. The van der Waals surface area contributed by atoms with Gasteiger partial charge in [0.2, 0.25) is 0 Å². The molecule has 0 unspecified atom stereocenters. The number of carbonyl (C=O) groups is 2. The number of rotatable bonds is 19. The summed E-state index contributed by atoms with van der Waals surface area (Å²) in [6.07, 6.45) is -10.1. The molecule has 0 amide bonds. The molecule has 0 aromatic heterocycles. The summed E-state index contributed by atoms with van der Waals surface area (Å²) < 4.78 is 307. The summed E-state index contributed by atoms with van der Waals surface area (Å²) in [6.45, 7) is 0.715. The van der Waals surface area contributed by atoms with E-state index in [0.717, 1.165) is 30.3 Å². The molecule has 0 spiro atoms. The van der Waals surface area contributed by atoms with Crippen molar-refractivity contribution in [2.75, 3.05) is 13.2 Å². The van der Waals surface area contributed by atoms with Crippen molar-refractivity contribution in [1.82, 2.24) is 0 Å². The minimum Gasteiger partial charge on any atom is -0.493 e. The van der Waals surface area contributed by atoms with Crippen molar-refractivity contribution >= 4 is 11.9 Å². The molecular weight excluding hydrogens is 941 g/mol. The smallest absolute Gasteiger partial charge is 0.460 e. The number of ether oxygens (including phenoxy) is 4. The van der Waals surface area contributed by atoms with Crippen molar-refractivity contribution in [1.29, 1.82) is 5.26 Å². The third kappa shape index (κ3) is 9.01. The fourth-order valence-corrected chi connectivity index (χ4v) is 4.66. The topological polar surface area (TPSA) is 94.8 Å². The van der Waals surface area contributed by atoms with Gasteiger partial charge in [-0.1, -0.05) is 12.7 Å². The zero-order valence-electron chi connectivity index (χ0n) is 30.6. The number of carbonyl (C=O) groups excluding carboxylic acids is 2. The SMILES string of the molecule is C=CCOc1cc(OCCC(F)(F)C(F)(F)C(F)(F)C(F)(F)C(F)(F)C(F)(F)C(F)(F)C(F)(F)C(F)(F)C(F)(F)F)ccc1C(=O)Oc1ccc(C(=O)Oc2ccc(C#N)cc2)cc1. The molecule has 3 aromatic rings. The van der Waals surface area contributed by atoms with Crippen LogP contribution in [0, 0.1) is 11.3 Å². The summed E-state index contributed by atoms with van der Waals surface area (Å²) >= 11 is 0. The predicted molar refractivity (Wildman–Crippen MR) is 170 cm³/mol. The standard InChI is InChI=1S/C36H20F21NO6/c1-2-14-62-24-16-22(11-12-23(24)26(60)64-21-9-5-19(6-10-21)25(59)63-20-7-3-18(17-58)4-8-20)61-15-13-27(37,38)28(39,40)29(41,42)30(43,44)31(45,46)32(47,48)33(49,50)34(51,52)35(53,54)36(55,56)57/h2-12,16H,1,13-15H2. The number of esters is 2. The molecule has 0 heterocycles. The molecule has 28 heteroatoms. The monoisotopic (exact) mass is 961 g/mol. The summed E-state index contributed by atoms with van der Waals surface area (Å²) in [5, 5.41) is 8.84. The Hall–Kier alpha value is -6.04. The number of halogens is 21. The number of alkyl halides is 21. The first-order valence-corrected chi connectivity index (χ1v) is 16.5. The zero-order chi connectivity index (χ0) is 49.3. The van der Waals surface area contributed by atoms with Gasteiger partial charge >= 0.3 is 71.4 Å². The highest BCUT2D eigenvalue weighted by Gasteiger charge is 2.97. The van der Waals surface area contributed by atoms with Crippen LogP contribution in [0.2, 0.25) is 0 Å². The minimum atomic E-state index is -9.28. The van der Waals surface area contributed by atoms with Crippen LogP contribution in [0.5, 0.6) is 23.0 Å². The molecule has 0 aliphatic rings. The van der Waals surface area contributed by atoms with E-state index >= 15 is 0 Å². The van der Waals surface area contributed by atoms with Crippen LogP contribution in [-0.2, 0) is 0 Å². The van der Waals surface area contributed by atoms with Crippen LogP contribution in [0.4, 0.5) is 92.2 Å². The highest BCUT2D eigenvalue weighted by atomic mass is 19.4. The Bertz CT molecular complexity index is 2220. The van der Waals surface area contributed by atoms with Crippen LogP contribution < -0.4 is 18.9 Å². The fourth-order valence-electron chi connectivity index (χ4n) is 4.66. The number of hydrogen-bond acceptors (Lipinski definition) is 7. The van der Waals surface area contributed by atoms with Crippen LogP contribution in [0.1, 0.15) is 32.7 Å². The Morgan fingerprint density at radius 2 is 0.938 bits per heavy atom. The van der Waals surface area contributed by atoms with Crippen molar-refractivity contribution in [3.05, 3.63) is 96.1 Å². The van der Waals surface area contributed by atoms with E-state index in [0.29, 0.717) is 18.2 Å². The van der Waals surface area contributed by atoms with Crippen molar-refractivity contribution in [3.8, 4) is 29.1 Å². The van der Waals surface area contributed by atoms with E-state index in [1.807, 2.05) is 6.07 Å². The lowest BCUT2D eigenvalue weighted by atomic mass is 9.86. The molecule has 0 aliphatic carbocycles. The van der Waals surface area contributed by atoms with E-state index < -0.39 is 108 Å². The summed E-state index contributed by atoms with van der Waals surface area (Å²) in [4.78, 5) is 25.3. The van der Waals surface area contributed by atoms with Crippen LogP contribution >= 0.6 is 0 Å². The molecule has 352 valence electrons. The quantitative estimate of drug-likeness (QED) is 0.0511. The third-order valence-corrected chi connectivity index (χ3v) is 8.28. The molecule has 3 rings (SSSR count). The average Bonchev–Trinajstić information content (AvgIpc) is 3.19. The number of hydrogen-bond donors (Lipinski definition) is 0. The van der Waals surface area contributed by atoms with Crippen LogP contribution in [0.3, 0.4) is 0 Å². The first-order chi connectivity index (χ1) is 28.9. The molecule has 0 N–H and O–H groups in total. The Kier molecular flexibility index (Phi) is 14.3. The number of nitriles is 1. The number of nitrogens with zero attached hydrogens (tertiary/aromatic N) is 1. The van der Waals surface area contributed by atoms with Gasteiger partial charge in [0.1, 0.15) is 35.2 Å². The lowest BCUT2D eigenvalue weighted by Gasteiger charge is -2.44. The van der Waals surface area contributed by atoms with Gasteiger partial charge < -0.3 is 18.9 Å². The molecule has 0 fully saturated rings. The Morgan fingerprint density at radius 1 is 0.531 bits per heavy atom. The fraction of sp³-hybridized carbons (Fsp3) is 0.361. The maximum Gasteiger partial charge on any atom is 0.460 e. The van der Waals surface area contributed by atoms with E-state index in [9.17, 15) is 102 Å². The Morgan fingerprint density at radius 3 is 1.38 bits per heavy atom. The van der Waals surface area contributed by atoms with Crippen molar-refractivity contribution < 1.29 is 121 Å². The van der Waals surface area contributed by atoms with E-state index in [2.05, 4.69) is 11.3 Å². The van der Waals surface area contributed by atoms with E-state index in [-0.39, 0.29) is 22.6 Å². The zero-order valence-corrected chi connectivity index (χ0v) is 30.6. The van der Waals surface area contributed by atoms with Crippen LogP contribution in [0.15, 0.2) is 79.4 Å². The molecule has 0 saturated heterocycles. The second-order valence-electron chi connectivity index (χ2n) is 12.6. The summed E-state index contributed by atoms with van der Waals surface area (Å²) in [5.41, 5.74) is -0.370. The summed E-state index contributed by atoms with van der Waals surface area (Å²) in [6, 6.07) is 13.6. The third-order valence-electron chi connectivity index (χ3n) is 8.28. The average molecular weight is 962 g/mol. The summed E-state index contributed by atoms with van der Waals surface area (Å²) in [5.74, 6) is -81.9. The maximum atomic E-state index is 14.4. The molecule has 0 bridgehead atoms. The molecule has 7 nitrogen and oxygen atoms in total. The van der Waals surface area contributed by atoms with E-state index in [4.69, 9.17) is 19.5 Å². The molecule has 0 aliphatic heterocycles. The highest BCUT2D eigenvalue weighted by Crippen LogP contribution is 2.66. The summed E-state index contributed by atoms with van der Waals surface area (Å²) in [7, 11) is 0. The second kappa shape index (κ2) is 17.5. The van der Waals surface area contributed by atoms with Crippen molar-refractivity contribution in [2.45, 2.75) is 65.9 Å².